The van der Waals surface area contributed by atoms with Gasteiger partial charge in [0.15, 0.2) is 0 Å². The number of likely N-dealkylation sites (tertiary alicyclic amines) is 1. The Morgan fingerprint density at radius 1 is 1.14 bits per heavy atom. The van der Waals surface area contributed by atoms with Gasteiger partial charge in [0.1, 0.15) is 5.82 Å². The highest BCUT2D eigenvalue weighted by Gasteiger charge is 2.24. The van der Waals surface area contributed by atoms with E-state index >= 15 is 0 Å². The lowest BCUT2D eigenvalue weighted by atomic mass is 9.97. The zero-order valence-electron chi connectivity index (χ0n) is 15.8. The maximum atomic E-state index is 13.6. The summed E-state index contributed by atoms with van der Waals surface area (Å²) in [4.78, 5) is 7.08. The second-order valence-electron chi connectivity index (χ2n) is 7.36. The van der Waals surface area contributed by atoms with E-state index in [0.29, 0.717) is 18.0 Å². The third kappa shape index (κ3) is 4.75. The van der Waals surface area contributed by atoms with Crippen LogP contribution in [-0.2, 0) is 11.3 Å². The second-order valence-corrected chi connectivity index (χ2v) is 8.42. The molecule has 0 spiro atoms. The van der Waals surface area contributed by atoms with Crippen LogP contribution in [0.25, 0.3) is 10.2 Å². The molecule has 0 radical (unpaired) electrons. The maximum Gasteiger partial charge on any atom is 0.128 e. The molecule has 1 fully saturated rings. The highest BCUT2D eigenvalue weighted by molar-refractivity contribution is 7.18. The number of benzene rings is 2. The topological polar surface area (TPSA) is 45.6 Å². The number of nitrogens with zero attached hydrogens (tertiary/aromatic N) is 2. The molecule has 4 nitrogen and oxygen atoms in total. The van der Waals surface area contributed by atoms with Gasteiger partial charge in [-0.1, -0.05) is 30.3 Å². The van der Waals surface area contributed by atoms with Crippen LogP contribution in [0.2, 0.25) is 0 Å². The van der Waals surface area contributed by atoms with Crippen LogP contribution >= 0.6 is 11.3 Å². The number of hydrogen-bond donors (Lipinski definition) is 1. The Bertz CT molecular complexity index is 875. The average Bonchev–Trinajstić information content (AvgIpc) is 3.14. The maximum absolute atomic E-state index is 13.6. The van der Waals surface area contributed by atoms with Gasteiger partial charge in [-0.25, -0.2) is 9.37 Å². The van der Waals surface area contributed by atoms with E-state index in [1.807, 2.05) is 6.07 Å². The van der Waals surface area contributed by atoms with Crippen molar-refractivity contribution in [1.82, 2.24) is 9.88 Å². The quantitative estimate of drug-likeness (QED) is 0.646. The summed E-state index contributed by atoms with van der Waals surface area (Å²) < 4.78 is 20.3. The number of aliphatic hydroxyl groups excluding tert-OH is 1. The number of piperidine rings is 1. The van der Waals surface area contributed by atoms with Crippen molar-refractivity contribution in [2.45, 2.75) is 31.5 Å². The molecule has 2 aromatic carbocycles. The molecule has 1 aromatic heterocycles. The van der Waals surface area contributed by atoms with Gasteiger partial charge in [0.05, 0.1) is 34.5 Å². The molecule has 6 heteroatoms. The molecule has 3 aromatic rings. The Morgan fingerprint density at radius 2 is 1.89 bits per heavy atom. The fourth-order valence-corrected chi connectivity index (χ4v) is 4.83. The van der Waals surface area contributed by atoms with E-state index in [9.17, 15) is 9.50 Å². The molecule has 1 aliphatic heterocycles. The van der Waals surface area contributed by atoms with Crippen molar-refractivity contribution in [2.75, 3.05) is 26.2 Å². The number of thiazole rings is 1. The summed E-state index contributed by atoms with van der Waals surface area (Å²) in [6, 6.07) is 14.9. The smallest absolute Gasteiger partial charge is 0.128 e. The van der Waals surface area contributed by atoms with Gasteiger partial charge < -0.3 is 14.7 Å². The van der Waals surface area contributed by atoms with Gasteiger partial charge in [-0.2, -0.15) is 0 Å². The molecule has 2 heterocycles. The highest BCUT2D eigenvalue weighted by Crippen LogP contribution is 2.33. The molecular weight excluding hydrogens is 375 g/mol. The lowest BCUT2D eigenvalue weighted by Gasteiger charge is -2.32. The van der Waals surface area contributed by atoms with Crippen LogP contribution in [0, 0.1) is 5.82 Å². The number of para-hydroxylation sites is 1. The number of fused-ring (bicyclic) bond motifs is 1. The zero-order valence-corrected chi connectivity index (χ0v) is 16.6. The van der Waals surface area contributed by atoms with Gasteiger partial charge in [0.25, 0.3) is 0 Å². The second kappa shape index (κ2) is 9.09. The molecule has 1 aliphatic rings. The van der Waals surface area contributed by atoms with Gasteiger partial charge in [-0.3, -0.25) is 0 Å². The highest BCUT2D eigenvalue weighted by atomic mass is 32.1. The van der Waals surface area contributed by atoms with E-state index < -0.39 is 6.10 Å². The number of β-amino-alcohol motifs (C(OH)–C–C–N with tert-alkyl or cyclic N) is 1. The number of ether oxygens (including phenoxy) is 1. The van der Waals surface area contributed by atoms with Crippen molar-refractivity contribution in [3.05, 3.63) is 64.9 Å². The van der Waals surface area contributed by atoms with Crippen LogP contribution in [0.4, 0.5) is 4.39 Å². The Balaban J connectivity index is 1.21. The number of aliphatic hydroxyl groups is 1. The molecule has 1 atom stereocenters. The summed E-state index contributed by atoms with van der Waals surface area (Å²) in [5.74, 6) is 0.233. The molecule has 148 valence electrons. The molecular formula is C22H25FN2O2S. The SMILES string of the molecule is OC(COCc1ccccc1F)CN1CCC(c2nc3ccccc3s2)CC1. The summed E-state index contributed by atoms with van der Waals surface area (Å²) in [6.07, 6.45) is 1.55. The summed E-state index contributed by atoms with van der Waals surface area (Å²) in [6.45, 7) is 2.88. The van der Waals surface area contributed by atoms with Crippen molar-refractivity contribution >= 4 is 21.6 Å². The van der Waals surface area contributed by atoms with E-state index in [4.69, 9.17) is 9.72 Å². The van der Waals surface area contributed by atoms with E-state index in [0.717, 1.165) is 31.4 Å². The fraction of sp³-hybridized carbons (Fsp3) is 0.409. The fourth-order valence-electron chi connectivity index (χ4n) is 3.70. The minimum Gasteiger partial charge on any atom is -0.389 e. The standard InChI is InChI=1S/C22H25FN2O2S/c23-19-6-2-1-5-17(19)14-27-15-18(26)13-25-11-9-16(10-12-25)22-24-20-7-3-4-8-21(20)28-22/h1-8,16,18,26H,9-15H2. The van der Waals surface area contributed by atoms with E-state index in [2.05, 4.69) is 23.1 Å². The van der Waals surface area contributed by atoms with Crippen molar-refractivity contribution in [3.63, 3.8) is 0 Å². The van der Waals surface area contributed by atoms with Crippen LogP contribution < -0.4 is 0 Å². The first kappa shape index (κ1) is 19.5. The zero-order chi connectivity index (χ0) is 19.3. The van der Waals surface area contributed by atoms with Crippen LogP contribution in [0.5, 0.6) is 0 Å². The van der Waals surface area contributed by atoms with Crippen LogP contribution in [0.15, 0.2) is 48.5 Å². The predicted molar refractivity (Wildman–Crippen MR) is 110 cm³/mol. The monoisotopic (exact) mass is 400 g/mol. The van der Waals surface area contributed by atoms with Gasteiger partial charge >= 0.3 is 0 Å². The number of aromatic nitrogens is 1. The molecule has 1 N–H and O–H groups in total. The van der Waals surface area contributed by atoms with Crippen LogP contribution in [0.1, 0.15) is 29.3 Å². The predicted octanol–water partition coefficient (Wildman–Crippen LogP) is 4.19. The molecule has 0 amide bonds. The van der Waals surface area contributed by atoms with Crippen LogP contribution in [0.3, 0.4) is 0 Å². The Kier molecular flexibility index (Phi) is 6.32. The molecule has 4 rings (SSSR count). The summed E-state index contributed by atoms with van der Waals surface area (Å²) in [7, 11) is 0. The van der Waals surface area contributed by atoms with Gasteiger partial charge in [0.2, 0.25) is 0 Å². The molecule has 0 bridgehead atoms. The van der Waals surface area contributed by atoms with Gasteiger partial charge in [-0.15, -0.1) is 11.3 Å². The minimum absolute atomic E-state index is 0.184. The Morgan fingerprint density at radius 3 is 2.68 bits per heavy atom. The van der Waals surface area contributed by atoms with Crippen LogP contribution in [-0.4, -0.2) is 47.3 Å². The first-order valence-electron chi connectivity index (χ1n) is 9.76. The normalized spacial score (nSPS) is 17.2. The number of halogens is 1. The largest absolute Gasteiger partial charge is 0.389 e. The molecule has 1 saturated heterocycles. The third-order valence-corrected chi connectivity index (χ3v) is 6.44. The molecule has 28 heavy (non-hydrogen) atoms. The van der Waals surface area contributed by atoms with Crippen molar-refractivity contribution in [3.8, 4) is 0 Å². The van der Waals surface area contributed by atoms with Crippen molar-refractivity contribution in [1.29, 1.82) is 0 Å². The van der Waals surface area contributed by atoms with E-state index in [-0.39, 0.29) is 19.0 Å². The Labute approximate surface area is 168 Å². The molecule has 0 saturated carbocycles. The molecule has 0 aliphatic carbocycles. The first-order valence-corrected chi connectivity index (χ1v) is 10.6. The third-order valence-electron chi connectivity index (χ3n) is 5.24. The van der Waals surface area contributed by atoms with E-state index in [1.165, 1.54) is 15.8 Å². The lowest BCUT2D eigenvalue weighted by molar-refractivity contribution is 0.00551. The average molecular weight is 401 g/mol. The van der Waals surface area contributed by atoms with Gasteiger partial charge in [0, 0.05) is 18.0 Å². The molecule has 1 unspecified atom stereocenters. The number of rotatable bonds is 7. The lowest BCUT2D eigenvalue weighted by Crippen LogP contribution is -2.39. The van der Waals surface area contributed by atoms with E-state index in [1.54, 1.807) is 29.5 Å². The van der Waals surface area contributed by atoms with Crippen molar-refractivity contribution in [2.24, 2.45) is 0 Å². The summed E-state index contributed by atoms with van der Waals surface area (Å²) in [5.41, 5.74) is 1.61. The Hall–Kier alpha value is -1.86. The van der Waals surface area contributed by atoms with Gasteiger partial charge in [-0.05, 0) is 44.1 Å². The van der Waals surface area contributed by atoms with Crippen molar-refractivity contribution < 1.29 is 14.2 Å². The summed E-state index contributed by atoms with van der Waals surface area (Å²) >= 11 is 1.80. The first-order chi connectivity index (χ1) is 13.7. The summed E-state index contributed by atoms with van der Waals surface area (Å²) in [5, 5.41) is 11.5. The number of hydrogen-bond acceptors (Lipinski definition) is 5. The minimum atomic E-state index is -0.564.